The smallest absolute Gasteiger partial charge is 0.415 e. The number of benzene rings is 1. The van der Waals surface area contributed by atoms with Gasteiger partial charge in [0.1, 0.15) is 0 Å². The third-order valence-electron chi connectivity index (χ3n) is 2.56. The second-order valence-electron chi connectivity index (χ2n) is 4.02. The molecule has 19 heavy (non-hydrogen) atoms. The van der Waals surface area contributed by atoms with E-state index in [-0.39, 0.29) is 6.54 Å². The predicted molar refractivity (Wildman–Crippen MR) is 61.8 cm³/mol. The number of hydrogen-bond donors (Lipinski definition) is 3. The fraction of sp³-hybridized carbons (Fsp3) is 0.417. The molecule has 3 N–H and O–H groups in total. The summed E-state index contributed by atoms with van der Waals surface area (Å²) < 4.78 is 36.1. The van der Waals surface area contributed by atoms with Gasteiger partial charge in [0.15, 0.2) is 6.10 Å². The molecule has 0 amide bonds. The van der Waals surface area contributed by atoms with Crippen LogP contribution < -0.4 is 5.32 Å². The van der Waals surface area contributed by atoms with E-state index in [4.69, 9.17) is 10.2 Å². The topological polar surface area (TPSA) is 69.6 Å². The number of aliphatic hydroxyl groups excluding tert-OH is 1. The molecule has 1 rings (SSSR count). The quantitative estimate of drug-likeness (QED) is 0.734. The van der Waals surface area contributed by atoms with E-state index in [2.05, 4.69) is 5.32 Å². The molecule has 0 saturated heterocycles. The standard InChI is InChI=1S/C12H14F3NO3/c13-12(14,15)10(17)7-16-6-9(11(18)19)8-4-2-1-3-5-8/h1-5,9-10,16-17H,6-7H2,(H,18,19). The van der Waals surface area contributed by atoms with Crippen LogP contribution in [0.4, 0.5) is 13.2 Å². The molecule has 2 atom stereocenters. The number of nitrogens with one attached hydrogen (secondary N) is 1. The van der Waals surface area contributed by atoms with Crippen molar-refractivity contribution in [3.05, 3.63) is 35.9 Å². The van der Waals surface area contributed by atoms with E-state index >= 15 is 0 Å². The zero-order valence-electron chi connectivity index (χ0n) is 9.89. The first-order valence-electron chi connectivity index (χ1n) is 5.55. The summed E-state index contributed by atoms with van der Waals surface area (Å²) in [5.41, 5.74) is 0.490. The summed E-state index contributed by atoms with van der Waals surface area (Å²) >= 11 is 0. The Kier molecular flexibility index (Phi) is 5.31. The fourth-order valence-electron chi connectivity index (χ4n) is 1.51. The van der Waals surface area contributed by atoms with Crippen molar-refractivity contribution in [2.75, 3.05) is 13.1 Å². The highest BCUT2D eigenvalue weighted by Crippen LogP contribution is 2.20. The van der Waals surface area contributed by atoms with Gasteiger partial charge in [0.25, 0.3) is 0 Å². The van der Waals surface area contributed by atoms with Crippen LogP contribution in [-0.2, 0) is 4.79 Å². The minimum atomic E-state index is -4.71. The van der Waals surface area contributed by atoms with Crippen LogP contribution in [0.2, 0.25) is 0 Å². The molecule has 0 aromatic heterocycles. The number of halogens is 3. The second kappa shape index (κ2) is 6.53. The highest BCUT2D eigenvalue weighted by atomic mass is 19.4. The lowest BCUT2D eigenvalue weighted by molar-refractivity contribution is -0.201. The minimum Gasteiger partial charge on any atom is -0.481 e. The lowest BCUT2D eigenvalue weighted by Gasteiger charge is -2.17. The van der Waals surface area contributed by atoms with Gasteiger partial charge in [0, 0.05) is 13.1 Å². The SMILES string of the molecule is O=C(O)C(CNCC(O)C(F)(F)F)c1ccccc1. The summed E-state index contributed by atoms with van der Waals surface area (Å²) in [7, 11) is 0. The molecule has 1 aromatic carbocycles. The summed E-state index contributed by atoms with van der Waals surface area (Å²) in [6.45, 7) is -0.924. The summed E-state index contributed by atoms with van der Waals surface area (Å²) in [5.74, 6) is -2.10. The van der Waals surface area contributed by atoms with Gasteiger partial charge in [0.2, 0.25) is 0 Å². The van der Waals surface area contributed by atoms with Crippen molar-refractivity contribution >= 4 is 5.97 Å². The molecule has 0 fully saturated rings. The van der Waals surface area contributed by atoms with Gasteiger partial charge < -0.3 is 15.5 Å². The Bertz CT molecular complexity index is 408. The van der Waals surface area contributed by atoms with Gasteiger partial charge in [-0.05, 0) is 5.56 Å². The van der Waals surface area contributed by atoms with Crippen LogP contribution in [-0.4, -0.2) is 41.6 Å². The van der Waals surface area contributed by atoms with Crippen LogP contribution in [0.25, 0.3) is 0 Å². The number of alkyl halides is 3. The summed E-state index contributed by atoms with van der Waals surface area (Å²) in [4.78, 5) is 11.0. The third-order valence-corrected chi connectivity index (χ3v) is 2.56. The van der Waals surface area contributed by atoms with E-state index in [1.54, 1.807) is 30.3 Å². The van der Waals surface area contributed by atoms with Gasteiger partial charge in [-0.3, -0.25) is 4.79 Å². The average molecular weight is 277 g/mol. The predicted octanol–water partition coefficient (Wildman–Crippen LogP) is 1.37. The van der Waals surface area contributed by atoms with Crippen molar-refractivity contribution in [2.45, 2.75) is 18.2 Å². The normalized spacial score (nSPS) is 14.9. The van der Waals surface area contributed by atoms with Gasteiger partial charge in [-0.2, -0.15) is 13.2 Å². The van der Waals surface area contributed by atoms with Gasteiger partial charge in [0.05, 0.1) is 5.92 Å². The van der Waals surface area contributed by atoms with Crippen LogP contribution in [0.3, 0.4) is 0 Å². The van der Waals surface area contributed by atoms with Crippen LogP contribution in [0.1, 0.15) is 11.5 Å². The number of aliphatic hydroxyl groups is 1. The van der Waals surface area contributed by atoms with Crippen molar-refractivity contribution in [2.24, 2.45) is 0 Å². The van der Waals surface area contributed by atoms with Crippen LogP contribution >= 0.6 is 0 Å². The zero-order chi connectivity index (χ0) is 14.5. The Balaban J connectivity index is 2.55. The van der Waals surface area contributed by atoms with Crippen molar-refractivity contribution < 1.29 is 28.2 Å². The van der Waals surface area contributed by atoms with Crippen molar-refractivity contribution in [3.8, 4) is 0 Å². The number of hydrogen-bond acceptors (Lipinski definition) is 3. The maximum atomic E-state index is 12.0. The molecule has 4 nitrogen and oxygen atoms in total. The molecule has 0 aliphatic rings. The third kappa shape index (κ3) is 4.88. The maximum absolute atomic E-state index is 12.0. The van der Waals surface area contributed by atoms with E-state index in [9.17, 15) is 18.0 Å². The molecule has 7 heteroatoms. The van der Waals surface area contributed by atoms with Crippen molar-refractivity contribution in [3.63, 3.8) is 0 Å². The summed E-state index contributed by atoms with van der Waals surface area (Å²) in [5, 5.41) is 20.1. The van der Waals surface area contributed by atoms with Gasteiger partial charge in [-0.1, -0.05) is 30.3 Å². The molecule has 106 valence electrons. The van der Waals surface area contributed by atoms with Crippen LogP contribution in [0, 0.1) is 0 Å². The minimum absolute atomic E-state index is 0.188. The summed E-state index contributed by atoms with van der Waals surface area (Å²) in [6, 6.07) is 8.18. The highest BCUT2D eigenvalue weighted by molar-refractivity contribution is 5.76. The van der Waals surface area contributed by atoms with Crippen molar-refractivity contribution in [1.29, 1.82) is 0 Å². The Morgan fingerprint density at radius 3 is 2.26 bits per heavy atom. The Hall–Kier alpha value is -1.60. The molecule has 0 spiro atoms. The van der Waals surface area contributed by atoms with Gasteiger partial charge >= 0.3 is 12.1 Å². The second-order valence-corrected chi connectivity index (χ2v) is 4.02. The van der Waals surface area contributed by atoms with Crippen LogP contribution in [0.15, 0.2) is 30.3 Å². The molecule has 0 saturated carbocycles. The van der Waals surface area contributed by atoms with E-state index in [1.165, 1.54) is 0 Å². The van der Waals surface area contributed by atoms with Gasteiger partial charge in [-0.25, -0.2) is 0 Å². The number of rotatable bonds is 6. The molecule has 0 bridgehead atoms. The lowest BCUT2D eigenvalue weighted by atomic mass is 9.99. The molecule has 1 aromatic rings. The molecule has 2 unspecified atom stereocenters. The van der Waals surface area contributed by atoms with E-state index in [0.717, 1.165) is 0 Å². The number of carboxylic acids is 1. The first kappa shape index (κ1) is 15.5. The molecular weight excluding hydrogens is 263 g/mol. The van der Waals surface area contributed by atoms with E-state index in [1.807, 2.05) is 0 Å². The molecule has 0 radical (unpaired) electrons. The Morgan fingerprint density at radius 1 is 1.21 bits per heavy atom. The molecular formula is C12H14F3NO3. The summed E-state index contributed by atoms with van der Waals surface area (Å²) in [6.07, 6.45) is -7.21. The van der Waals surface area contributed by atoms with Crippen LogP contribution in [0.5, 0.6) is 0 Å². The van der Waals surface area contributed by atoms with Gasteiger partial charge in [-0.15, -0.1) is 0 Å². The van der Waals surface area contributed by atoms with E-state index < -0.39 is 30.7 Å². The monoisotopic (exact) mass is 277 g/mol. The zero-order valence-corrected chi connectivity index (χ0v) is 9.89. The fourth-order valence-corrected chi connectivity index (χ4v) is 1.51. The highest BCUT2D eigenvalue weighted by Gasteiger charge is 2.37. The average Bonchev–Trinajstić information content (AvgIpc) is 2.33. The first-order valence-corrected chi connectivity index (χ1v) is 5.55. The molecule has 0 aliphatic heterocycles. The number of aliphatic carboxylic acids is 1. The molecule has 0 aliphatic carbocycles. The number of carbonyl (C=O) groups is 1. The molecule has 0 heterocycles. The first-order chi connectivity index (χ1) is 8.82. The van der Waals surface area contributed by atoms with Crippen molar-refractivity contribution in [1.82, 2.24) is 5.32 Å². The largest absolute Gasteiger partial charge is 0.481 e. The number of carboxylic acid groups (broad SMARTS) is 1. The van der Waals surface area contributed by atoms with E-state index in [0.29, 0.717) is 5.56 Å². The maximum Gasteiger partial charge on any atom is 0.415 e. The Morgan fingerprint density at radius 2 is 1.79 bits per heavy atom. The Labute approximate surface area is 107 Å². The lowest BCUT2D eigenvalue weighted by Crippen LogP contribution is -2.40.